The maximum atomic E-state index is 12.2. The van der Waals surface area contributed by atoms with Crippen molar-refractivity contribution in [2.24, 2.45) is 0 Å². The number of hydrogen-bond acceptors (Lipinski definition) is 4. The lowest BCUT2D eigenvalue weighted by atomic mass is 9.91. The van der Waals surface area contributed by atoms with Gasteiger partial charge in [0.1, 0.15) is 0 Å². The Hall–Kier alpha value is -2.50. The molecule has 2 amide bonds. The van der Waals surface area contributed by atoms with Crippen LogP contribution in [0.5, 0.6) is 0 Å². The van der Waals surface area contributed by atoms with E-state index in [1.807, 2.05) is 42.2 Å². The zero-order valence-electron chi connectivity index (χ0n) is 13.3. The summed E-state index contributed by atoms with van der Waals surface area (Å²) in [4.78, 5) is 14.1. The van der Waals surface area contributed by atoms with Crippen molar-refractivity contribution < 1.29 is 9.32 Å². The molecule has 0 radical (unpaired) electrons. The fourth-order valence-corrected chi connectivity index (χ4v) is 2.98. The van der Waals surface area contributed by atoms with Crippen molar-refractivity contribution in [1.82, 2.24) is 15.4 Å². The molecule has 122 valence electrons. The molecule has 3 rings (SSSR count). The molecule has 0 unspecified atom stereocenters. The van der Waals surface area contributed by atoms with Gasteiger partial charge in [0.25, 0.3) is 0 Å². The van der Waals surface area contributed by atoms with Gasteiger partial charge >= 0.3 is 6.03 Å². The fourth-order valence-electron chi connectivity index (χ4n) is 2.98. The van der Waals surface area contributed by atoms with Crippen LogP contribution in [0.3, 0.4) is 0 Å². The van der Waals surface area contributed by atoms with Crippen molar-refractivity contribution in [2.45, 2.75) is 32.2 Å². The lowest BCUT2D eigenvalue weighted by molar-refractivity contribution is 0.180. The van der Waals surface area contributed by atoms with E-state index in [0.717, 1.165) is 42.8 Å². The Morgan fingerprint density at radius 3 is 2.65 bits per heavy atom. The lowest BCUT2D eigenvalue weighted by Gasteiger charge is -2.31. The molecule has 6 heteroatoms. The van der Waals surface area contributed by atoms with Gasteiger partial charge < -0.3 is 20.5 Å². The predicted molar refractivity (Wildman–Crippen MR) is 87.9 cm³/mol. The highest BCUT2D eigenvalue weighted by Crippen LogP contribution is 2.31. The number of carbonyl (C=O) groups excluding carboxylic acids is 1. The molecular formula is C17H22N4O2. The molecule has 1 aliphatic heterocycles. The number of piperidine rings is 1. The first-order valence-corrected chi connectivity index (χ1v) is 7.93. The zero-order valence-corrected chi connectivity index (χ0v) is 13.3. The number of nitrogens with two attached hydrogens (primary N) is 1. The summed E-state index contributed by atoms with van der Waals surface area (Å²) >= 11 is 0. The molecule has 1 aromatic carbocycles. The quantitative estimate of drug-likeness (QED) is 0.912. The van der Waals surface area contributed by atoms with Crippen LogP contribution in [-0.2, 0) is 6.54 Å². The number of benzene rings is 1. The molecule has 2 heterocycles. The number of carbonyl (C=O) groups is 1. The normalized spacial score (nSPS) is 15.6. The van der Waals surface area contributed by atoms with Gasteiger partial charge in [-0.1, -0.05) is 35.5 Å². The molecule has 1 fully saturated rings. The number of nitrogen functional groups attached to an aromatic ring is 1. The third-order valence-corrected chi connectivity index (χ3v) is 4.45. The number of aromatic nitrogens is 1. The van der Waals surface area contributed by atoms with Crippen LogP contribution in [0.25, 0.3) is 0 Å². The molecule has 2 aromatic rings. The van der Waals surface area contributed by atoms with E-state index >= 15 is 0 Å². The average molecular weight is 314 g/mol. The van der Waals surface area contributed by atoms with Gasteiger partial charge in [-0.25, -0.2) is 4.79 Å². The molecule has 0 saturated carbocycles. The minimum Gasteiger partial charge on any atom is -0.367 e. The maximum Gasteiger partial charge on any atom is 0.317 e. The summed E-state index contributed by atoms with van der Waals surface area (Å²) in [6.45, 7) is 3.92. The fraction of sp³-hybridized carbons (Fsp3) is 0.412. The van der Waals surface area contributed by atoms with Crippen LogP contribution >= 0.6 is 0 Å². The van der Waals surface area contributed by atoms with Crippen LogP contribution in [-0.4, -0.2) is 29.2 Å². The van der Waals surface area contributed by atoms with Crippen LogP contribution in [0.4, 0.5) is 10.7 Å². The Kier molecular flexibility index (Phi) is 4.50. The van der Waals surface area contributed by atoms with Gasteiger partial charge in [-0.15, -0.1) is 0 Å². The monoisotopic (exact) mass is 314 g/mol. The minimum absolute atomic E-state index is 0.0105. The predicted octanol–water partition coefficient (Wildman–Crippen LogP) is 2.65. The smallest absolute Gasteiger partial charge is 0.317 e. The van der Waals surface area contributed by atoms with Gasteiger partial charge in [-0.2, -0.15) is 0 Å². The second kappa shape index (κ2) is 6.73. The Morgan fingerprint density at radius 2 is 2.04 bits per heavy atom. The molecule has 6 nitrogen and oxygen atoms in total. The SMILES string of the molecule is Cc1c(C2CCN(C(=O)NCc3ccccc3)CC2)noc1N. The molecule has 1 aromatic heterocycles. The molecule has 3 N–H and O–H groups in total. The summed E-state index contributed by atoms with van der Waals surface area (Å²) in [5.41, 5.74) is 8.68. The van der Waals surface area contributed by atoms with Crippen LogP contribution in [0.15, 0.2) is 34.9 Å². The Morgan fingerprint density at radius 1 is 1.35 bits per heavy atom. The minimum atomic E-state index is -0.0105. The molecule has 0 bridgehead atoms. The number of nitrogens with zero attached hydrogens (tertiary/aromatic N) is 2. The first-order valence-electron chi connectivity index (χ1n) is 7.93. The van der Waals surface area contributed by atoms with Gasteiger partial charge in [-0.3, -0.25) is 0 Å². The van der Waals surface area contributed by atoms with E-state index in [0.29, 0.717) is 18.3 Å². The van der Waals surface area contributed by atoms with Gasteiger partial charge in [-0.05, 0) is 25.3 Å². The first kappa shape index (κ1) is 15.4. The number of amides is 2. The van der Waals surface area contributed by atoms with Gasteiger partial charge in [0.05, 0.1) is 5.69 Å². The molecule has 1 saturated heterocycles. The molecular weight excluding hydrogens is 292 g/mol. The second-order valence-corrected chi connectivity index (χ2v) is 5.96. The second-order valence-electron chi connectivity index (χ2n) is 5.96. The molecule has 0 atom stereocenters. The third-order valence-electron chi connectivity index (χ3n) is 4.45. The first-order chi connectivity index (χ1) is 11.1. The van der Waals surface area contributed by atoms with Crippen LogP contribution < -0.4 is 11.1 Å². The van der Waals surface area contributed by atoms with Crippen molar-refractivity contribution in [3.8, 4) is 0 Å². The standard InChI is InChI=1S/C17H22N4O2/c1-12-15(20-23-16(12)18)14-7-9-21(10-8-14)17(22)19-11-13-5-3-2-4-6-13/h2-6,14H,7-11,18H2,1H3,(H,19,22). The van der Waals surface area contributed by atoms with E-state index in [2.05, 4.69) is 10.5 Å². The number of nitrogens with one attached hydrogen (secondary N) is 1. The van der Waals surface area contributed by atoms with E-state index in [9.17, 15) is 4.79 Å². The van der Waals surface area contributed by atoms with E-state index in [1.54, 1.807) is 0 Å². The average Bonchev–Trinajstić information content (AvgIpc) is 2.93. The number of urea groups is 1. The van der Waals surface area contributed by atoms with Crippen molar-refractivity contribution in [1.29, 1.82) is 0 Å². The van der Waals surface area contributed by atoms with Crippen LogP contribution in [0.2, 0.25) is 0 Å². The van der Waals surface area contributed by atoms with Crippen molar-refractivity contribution in [3.05, 3.63) is 47.2 Å². The van der Waals surface area contributed by atoms with Crippen molar-refractivity contribution >= 4 is 11.9 Å². The largest absolute Gasteiger partial charge is 0.367 e. The van der Waals surface area contributed by atoms with E-state index in [-0.39, 0.29) is 6.03 Å². The Labute approximate surface area is 135 Å². The van der Waals surface area contributed by atoms with Crippen LogP contribution in [0.1, 0.15) is 35.6 Å². The summed E-state index contributed by atoms with van der Waals surface area (Å²) in [6.07, 6.45) is 1.76. The van der Waals surface area contributed by atoms with Gasteiger partial charge in [0, 0.05) is 31.1 Å². The van der Waals surface area contributed by atoms with E-state index in [1.165, 1.54) is 0 Å². The van der Waals surface area contributed by atoms with Crippen molar-refractivity contribution in [2.75, 3.05) is 18.8 Å². The van der Waals surface area contributed by atoms with Crippen LogP contribution in [0, 0.1) is 6.92 Å². The number of likely N-dealkylation sites (tertiary alicyclic amines) is 1. The molecule has 1 aliphatic rings. The Bertz CT molecular complexity index is 660. The summed E-state index contributed by atoms with van der Waals surface area (Å²) in [5.74, 6) is 0.706. The van der Waals surface area contributed by atoms with Gasteiger partial charge in [0.15, 0.2) is 0 Å². The topological polar surface area (TPSA) is 84.4 Å². The Balaban J connectivity index is 1.50. The zero-order chi connectivity index (χ0) is 16.2. The number of anilines is 1. The summed E-state index contributed by atoms with van der Waals surface area (Å²) < 4.78 is 5.05. The number of rotatable bonds is 3. The van der Waals surface area contributed by atoms with Crippen molar-refractivity contribution in [3.63, 3.8) is 0 Å². The highest BCUT2D eigenvalue weighted by molar-refractivity contribution is 5.74. The highest BCUT2D eigenvalue weighted by atomic mass is 16.5. The summed E-state index contributed by atoms with van der Waals surface area (Å²) in [5, 5.41) is 7.04. The van der Waals surface area contributed by atoms with E-state index in [4.69, 9.17) is 10.3 Å². The number of hydrogen-bond donors (Lipinski definition) is 2. The maximum absolute atomic E-state index is 12.2. The highest BCUT2D eigenvalue weighted by Gasteiger charge is 2.27. The summed E-state index contributed by atoms with van der Waals surface area (Å²) in [7, 11) is 0. The summed E-state index contributed by atoms with van der Waals surface area (Å²) in [6, 6.07) is 9.91. The third kappa shape index (κ3) is 3.47. The molecule has 0 spiro atoms. The van der Waals surface area contributed by atoms with E-state index < -0.39 is 0 Å². The molecule has 0 aliphatic carbocycles. The lowest BCUT2D eigenvalue weighted by Crippen LogP contribution is -2.43. The molecule has 23 heavy (non-hydrogen) atoms. The van der Waals surface area contributed by atoms with Gasteiger partial charge in [0.2, 0.25) is 5.88 Å².